The fourth-order valence-corrected chi connectivity index (χ4v) is 3.91. The number of hydrogen-bond donors (Lipinski definition) is 1. The summed E-state index contributed by atoms with van der Waals surface area (Å²) >= 11 is 6.37. The molecule has 0 atom stereocenters. The maximum atomic E-state index is 6.37. The molecular formula is C18H20ClN3. The van der Waals surface area contributed by atoms with Crippen molar-refractivity contribution < 1.29 is 0 Å². The highest BCUT2D eigenvalue weighted by atomic mass is 35.5. The normalized spacial score (nSPS) is 16.8. The van der Waals surface area contributed by atoms with Gasteiger partial charge in [0.1, 0.15) is 5.15 Å². The quantitative estimate of drug-likeness (QED) is 0.821. The van der Waals surface area contributed by atoms with Crippen LogP contribution in [0.3, 0.4) is 0 Å². The van der Waals surface area contributed by atoms with Gasteiger partial charge in [-0.3, -0.25) is 0 Å². The highest BCUT2D eigenvalue weighted by Crippen LogP contribution is 2.31. The zero-order chi connectivity index (χ0) is 14.9. The number of fused-ring (bicyclic) bond motifs is 2. The van der Waals surface area contributed by atoms with Crippen LogP contribution >= 0.6 is 11.6 Å². The Labute approximate surface area is 136 Å². The van der Waals surface area contributed by atoms with Crippen molar-refractivity contribution in [3.8, 4) is 0 Å². The zero-order valence-corrected chi connectivity index (χ0v) is 13.4. The molecule has 0 amide bonds. The lowest BCUT2D eigenvalue weighted by atomic mass is 9.90. The highest BCUT2D eigenvalue weighted by molar-refractivity contribution is 6.30. The minimum atomic E-state index is 0.622. The van der Waals surface area contributed by atoms with Crippen LogP contribution in [0.25, 0.3) is 0 Å². The van der Waals surface area contributed by atoms with Gasteiger partial charge in [-0.15, -0.1) is 0 Å². The first kappa shape index (κ1) is 14.0. The molecule has 2 aliphatic rings. The van der Waals surface area contributed by atoms with E-state index in [0.717, 1.165) is 36.2 Å². The van der Waals surface area contributed by atoms with E-state index in [9.17, 15) is 0 Å². The Balaban J connectivity index is 1.68. The van der Waals surface area contributed by atoms with Gasteiger partial charge in [0.15, 0.2) is 0 Å². The van der Waals surface area contributed by atoms with Crippen molar-refractivity contribution in [2.45, 2.75) is 51.4 Å². The molecule has 0 saturated heterocycles. The molecule has 2 aromatic rings. The number of aromatic nitrogens is 2. The lowest BCUT2D eigenvalue weighted by Gasteiger charge is -2.21. The van der Waals surface area contributed by atoms with E-state index < -0.39 is 0 Å². The largest absolute Gasteiger partial charge is 0.324 e. The van der Waals surface area contributed by atoms with Crippen molar-refractivity contribution in [3.63, 3.8) is 0 Å². The van der Waals surface area contributed by atoms with Gasteiger partial charge in [-0.2, -0.15) is 0 Å². The molecule has 3 nitrogen and oxygen atoms in total. The maximum absolute atomic E-state index is 6.37. The van der Waals surface area contributed by atoms with Crippen molar-refractivity contribution >= 4 is 23.2 Å². The van der Waals surface area contributed by atoms with E-state index in [2.05, 4.69) is 28.5 Å². The van der Waals surface area contributed by atoms with Crippen LogP contribution in [-0.2, 0) is 25.7 Å². The standard InChI is InChI=1S/C18H20ClN3/c19-17-14-9-3-4-10-16(14)21-18(22-17)20-15-11-5-7-12-6-1-2-8-13(12)15/h5,7,11H,1-4,6,8-10H2,(H,20,21,22). The molecule has 2 aliphatic carbocycles. The van der Waals surface area contributed by atoms with Gasteiger partial charge in [-0.05, 0) is 68.6 Å². The minimum absolute atomic E-state index is 0.622. The number of halogens is 1. The van der Waals surface area contributed by atoms with Gasteiger partial charge in [0.2, 0.25) is 5.95 Å². The van der Waals surface area contributed by atoms with Crippen LogP contribution < -0.4 is 5.32 Å². The first-order chi connectivity index (χ1) is 10.8. The smallest absolute Gasteiger partial charge is 0.228 e. The Morgan fingerprint density at radius 1 is 0.864 bits per heavy atom. The number of rotatable bonds is 2. The molecule has 4 heteroatoms. The Kier molecular flexibility index (Phi) is 3.75. The minimum Gasteiger partial charge on any atom is -0.324 e. The Morgan fingerprint density at radius 3 is 2.55 bits per heavy atom. The van der Waals surface area contributed by atoms with Crippen LogP contribution in [0.5, 0.6) is 0 Å². The van der Waals surface area contributed by atoms with Gasteiger partial charge < -0.3 is 5.32 Å². The van der Waals surface area contributed by atoms with Gasteiger partial charge in [-0.1, -0.05) is 23.7 Å². The summed E-state index contributed by atoms with van der Waals surface area (Å²) in [5.74, 6) is 0.643. The van der Waals surface area contributed by atoms with E-state index in [-0.39, 0.29) is 0 Å². The molecular weight excluding hydrogens is 294 g/mol. The van der Waals surface area contributed by atoms with Crippen LogP contribution in [0.1, 0.15) is 48.1 Å². The van der Waals surface area contributed by atoms with Crippen molar-refractivity contribution in [1.82, 2.24) is 9.97 Å². The molecule has 4 rings (SSSR count). The molecule has 0 saturated carbocycles. The maximum Gasteiger partial charge on any atom is 0.228 e. The summed E-state index contributed by atoms with van der Waals surface area (Å²) in [4.78, 5) is 9.19. The van der Waals surface area contributed by atoms with Gasteiger partial charge in [-0.25, -0.2) is 9.97 Å². The molecule has 0 aliphatic heterocycles. The zero-order valence-electron chi connectivity index (χ0n) is 12.7. The molecule has 0 unspecified atom stereocenters. The number of benzene rings is 1. The van der Waals surface area contributed by atoms with Gasteiger partial charge >= 0.3 is 0 Å². The van der Waals surface area contributed by atoms with E-state index in [1.807, 2.05) is 0 Å². The second-order valence-corrected chi connectivity index (χ2v) is 6.60. The fourth-order valence-electron chi connectivity index (χ4n) is 3.62. The molecule has 22 heavy (non-hydrogen) atoms. The average Bonchev–Trinajstić information content (AvgIpc) is 2.55. The number of anilines is 2. The van der Waals surface area contributed by atoms with E-state index in [1.54, 1.807) is 0 Å². The first-order valence-electron chi connectivity index (χ1n) is 8.24. The van der Waals surface area contributed by atoms with Crippen molar-refractivity contribution in [1.29, 1.82) is 0 Å². The van der Waals surface area contributed by atoms with Crippen molar-refractivity contribution in [2.75, 3.05) is 5.32 Å². The lowest BCUT2D eigenvalue weighted by molar-refractivity contribution is 0.663. The first-order valence-corrected chi connectivity index (χ1v) is 8.62. The SMILES string of the molecule is Clc1nc(Nc2cccc3c2CCCC3)nc2c1CCCC2. The van der Waals surface area contributed by atoms with Crippen LogP contribution in [0, 0.1) is 0 Å². The second kappa shape index (κ2) is 5.88. The van der Waals surface area contributed by atoms with Crippen molar-refractivity contribution in [2.24, 2.45) is 0 Å². The summed E-state index contributed by atoms with van der Waals surface area (Å²) < 4.78 is 0. The monoisotopic (exact) mass is 313 g/mol. The Hall–Kier alpha value is -1.61. The van der Waals surface area contributed by atoms with Crippen molar-refractivity contribution in [3.05, 3.63) is 45.7 Å². The third kappa shape index (κ3) is 2.58. The fraction of sp³-hybridized carbons (Fsp3) is 0.444. The summed E-state index contributed by atoms with van der Waals surface area (Å²) in [7, 11) is 0. The average molecular weight is 314 g/mol. The van der Waals surface area contributed by atoms with E-state index >= 15 is 0 Å². The number of nitrogens with one attached hydrogen (secondary N) is 1. The molecule has 0 spiro atoms. The lowest BCUT2D eigenvalue weighted by Crippen LogP contribution is -2.11. The Morgan fingerprint density at radius 2 is 1.64 bits per heavy atom. The summed E-state index contributed by atoms with van der Waals surface area (Å²) in [5, 5.41) is 4.04. The predicted octanol–water partition coefficient (Wildman–Crippen LogP) is 4.63. The molecule has 1 aromatic heterocycles. The van der Waals surface area contributed by atoms with E-state index in [4.69, 9.17) is 16.6 Å². The second-order valence-electron chi connectivity index (χ2n) is 6.25. The van der Waals surface area contributed by atoms with Crippen LogP contribution in [-0.4, -0.2) is 9.97 Å². The summed E-state index contributed by atoms with van der Waals surface area (Å²) in [6.07, 6.45) is 9.27. The van der Waals surface area contributed by atoms with Gasteiger partial charge in [0.25, 0.3) is 0 Å². The van der Waals surface area contributed by atoms with Crippen LogP contribution in [0.4, 0.5) is 11.6 Å². The molecule has 0 fully saturated rings. The molecule has 1 heterocycles. The third-order valence-corrected chi connectivity index (χ3v) is 5.09. The summed E-state index contributed by atoms with van der Waals surface area (Å²) in [6, 6.07) is 6.48. The molecule has 1 N–H and O–H groups in total. The van der Waals surface area contributed by atoms with Crippen LogP contribution in [0.2, 0.25) is 5.15 Å². The molecule has 1 aromatic carbocycles. The number of hydrogen-bond acceptors (Lipinski definition) is 3. The highest BCUT2D eigenvalue weighted by Gasteiger charge is 2.18. The Bertz CT molecular complexity index is 712. The number of aryl methyl sites for hydroxylation is 2. The number of nitrogens with zero attached hydrogens (tertiary/aromatic N) is 2. The topological polar surface area (TPSA) is 37.8 Å². The van der Waals surface area contributed by atoms with Crippen LogP contribution in [0.15, 0.2) is 18.2 Å². The van der Waals surface area contributed by atoms with E-state index in [1.165, 1.54) is 43.2 Å². The summed E-state index contributed by atoms with van der Waals surface area (Å²) in [6.45, 7) is 0. The predicted molar refractivity (Wildman–Crippen MR) is 90.1 cm³/mol. The van der Waals surface area contributed by atoms with Gasteiger partial charge in [0.05, 0.1) is 5.69 Å². The molecule has 114 valence electrons. The molecule has 0 bridgehead atoms. The third-order valence-electron chi connectivity index (χ3n) is 4.78. The summed E-state index contributed by atoms with van der Waals surface area (Å²) in [5.41, 5.74) is 6.29. The molecule has 0 radical (unpaired) electrons. The van der Waals surface area contributed by atoms with Gasteiger partial charge in [0, 0.05) is 11.3 Å². The van der Waals surface area contributed by atoms with E-state index in [0.29, 0.717) is 11.1 Å².